The van der Waals surface area contributed by atoms with Crippen LogP contribution < -0.4 is 5.32 Å². The topological polar surface area (TPSA) is 79.4 Å². The van der Waals surface area contributed by atoms with Crippen LogP contribution in [-0.2, 0) is 6.54 Å². The first-order chi connectivity index (χ1) is 13.5. The van der Waals surface area contributed by atoms with E-state index in [1.165, 1.54) is 23.5 Å². The monoisotopic (exact) mass is 456 g/mol. The van der Waals surface area contributed by atoms with E-state index in [-0.39, 0.29) is 5.82 Å². The zero-order chi connectivity index (χ0) is 19.8. The van der Waals surface area contributed by atoms with Crippen LogP contribution in [0.4, 0.5) is 15.3 Å². The van der Waals surface area contributed by atoms with Gasteiger partial charge in [-0.05, 0) is 65.7 Å². The van der Waals surface area contributed by atoms with Crippen LogP contribution in [0.3, 0.4) is 0 Å². The van der Waals surface area contributed by atoms with Crippen molar-refractivity contribution < 1.29 is 4.39 Å². The molecule has 9 heteroatoms. The van der Waals surface area contributed by atoms with Crippen molar-refractivity contribution in [2.45, 2.75) is 20.4 Å². The van der Waals surface area contributed by atoms with E-state index in [1.54, 1.807) is 12.1 Å². The van der Waals surface area contributed by atoms with Crippen molar-refractivity contribution in [2.75, 3.05) is 5.32 Å². The lowest BCUT2D eigenvalue weighted by molar-refractivity contribution is 0.628. The largest absolute Gasteiger partial charge is 0.315 e. The number of benzene rings is 1. The van der Waals surface area contributed by atoms with Crippen molar-refractivity contribution in [3.63, 3.8) is 0 Å². The van der Waals surface area contributed by atoms with Crippen molar-refractivity contribution >= 4 is 49.2 Å². The highest BCUT2D eigenvalue weighted by atomic mass is 79.9. The normalized spacial score (nSPS) is 11.0. The number of nitriles is 1. The molecule has 0 fully saturated rings. The Kier molecular flexibility index (Phi) is 4.83. The van der Waals surface area contributed by atoms with Crippen molar-refractivity contribution in [1.82, 2.24) is 19.7 Å². The zero-order valence-electron chi connectivity index (χ0n) is 15.0. The molecule has 3 aromatic heterocycles. The molecule has 1 aromatic carbocycles. The smallest absolute Gasteiger partial charge is 0.190 e. The molecule has 0 saturated heterocycles. The van der Waals surface area contributed by atoms with Gasteiger partial charge in [-0.3, -0.25) is 0 Å². The molecule has 28 heavy (non-hydrogen) atoms. The van der Waals surface area contributed by atoms with Gasteiger partial charge in [0.05, 0.1) is 0 Å². The second kappa shape index (κ2) is 7.30. The van der Waals surface area contributed by atoms with Gasteiger partial charge in [0.25, 0.3) is 0 Å². The van der Waals surface area contributed by atoms with E-state index < -0.39 is 0 Å². The summed E-state index contributed by atoms with van der Waals surface area (Å²) in [4.78, 5) is 9.57. The van der Waals surface area contributed by atoms with E-state index in [0.29, 0.717) is 33.6 Å². The number of hydrogen-bond acceptors (Lipinski definition) is 6. The first-order valence-corrected chi connectivity index (χ1v) is 10.1. The van der Waals surface area contributed by atoms with Crippen LogP contribution in [0.2, 0.25) is 0 Å². The van der Waals surface area contributed by atoms with Gasteiger partial charge in [-0.1, -0.05) is 11.3 Å². The molecular formula is C19H14BrFN6S. The van der Waals surface area contributed by atoms with Crippen LogP contribution in [0.25, 0.3) is 22.3 Å². The summed E-state index contributed by atoms with van der Waals surface area (Å²) in [5, 5.41) is 18.0. The van der Waals surface area contributed by atoms with Crippen molar-refractivity contribution in [1.29, 1.82) is 5.26 Å². The number of hydrogen-bond donors (Lipinski definition) is 1. The van der Waals surface area contributed by atoms with Gasteiger partial charge in [-0.2, -0.15) is 10.4 Å². The van der Waals surface area contributed by atoms with E-state index in [1.807, 2.05) is 24.6 Å². The summed E-state index contributed by atoms with van der Waals surface area (Å²) in [6.07, 6.45) is 0. The van der Waals surface area contributed by atoms with Crippen LogP contribution >= 0.6 is 27.3 Å². The van der Waals surface area contributed by atoms with E-state index in [2.05, 4.69) is 42.4 Å². The molecule has 4 rings (SSSR count). The van der Waals surface area contributed by atoms with Crippen LogP contribution in [0.1, 0.15) is 17.4 Å². The number of nitrogens with zero attached hydrogens (tertiary/aromatic N) is 5. The van der Waals surface area contributed by atoms with Crippen LogP contribution in [-0.4, -0.2) is 19.7 Å². The van der Waals surface area contributed by atoms with Crippen LogP contribution in [0.15, 0.2) is 34.9 Å². The fraction of sp³-hybridized carbons (Fsp3) is 0.158. The second-order valence-electron chi connectivity index (χ2n) is 6.06. The highest BCUT2D eigenvalue weighted by molar-refractivity contribution is 9.10. The lowest BCUT2D eigenvalue weighted by Crippen LogP contribution is -2.03. The van der Waals surface area contributed by atoms with Crippen LogP contribution in [0, 0.1) is 24.1 Å². The maximum atomic E-state index is 13.2. The molecule has 140 valence electrons. The fourth-order valence-corrected chi connectivity index (χ4v) is 4.22. The fourth-order valence-electron chi connectivity index (χ4n) is 2.92. The average molecular weight is 457 g/mol. The van der Waals surface area contributed by atoms with Crippen molar-refractivity contribution in [3.05, 3.63) is 51.2 Å². The quantitative estimate of drug-likeness (QED) is 0.415. The molecule has 0 aliphatic rings. The minimum Gasteiger partial charge on any atom is -0.315 e. The molecule has 3 heterocycles. The number of aromatic nitrogens is 4. The molecule has 0 amide bonds. The highest BCUT2D eigenvalue weighted by Gasteiger charge is 2.18. The summed E-state index contributed by atoms with van der Waals surface area (Å²) in [5.41, 5.74) is 3.75. The third-order valence-electron chi connectivity index (χ3n) is 4.23. The number of rotatable bonds is 4. The Labute approximate surface area is 172 Å². The van der Waals surface area contributed by atoms with Gasteiger partial charge in [-0.25, -0.2) is 19.0 Å². The first kappa shape index (κ1) is 18.5. The van der Waals surface area contributed by atoms with Crippen molar-refractivity contribution in [2.24, 2.45) is 0 Å². The van der Waals surface area contributed by atoms with Gasteiger partial charge in [0, 0.05) is 12.1 Å². The summed E-state index contributed by atoms with van der Waals surface area (Å²) < 4.78 is 15.8. The Bertz CT molecular complexity index is 1220. The first-order valence-electron chi connectivity index (χ1n) is 8.47. The number of anilines is 2. The van der Waals surface area contributed by atoms with Gasteiger partial charge in [-0.15, -0.1) is 0 Å². The van der Waals surface area contributed by atoms with E-state index in [9.17, 15) is 9.65 Å². The molecule has 0 spiro atoms. The summed E-state index contributed by atoms with van der Waals surface area (Å²) in [7, 11) is 0. The lowest BCUT2D eigenvalue weighted by Gasteiger charge is -2.05. The molecule has 1 N–H and O–H groups in total. The van der Waals surface area contributed by atoms with Gasteiger partial charge in [0.15, 0.2) is 10.9 Å². The van der Waals surface area contributed by atoms with Gasteiger partial charge in [0.1, 0.15) is 38.1 Å². The number of halogens is 2. The van der Waals surface area contributed by atoms with E-state index in [0.717, 1.165) is 21.2 Å². The second-order valence-corrected chi connectivity index (χ2v) is 7.88. The van der Waals surface area contributed by atoms with E-state index >= 15 is 0 Å². The molecule has 6 nitrogen and oxygen atoms in total. The summed E-state index contributed by atoms with van der Waals surface area (Å²) in [6.45, 7) is 4.63. The van der Waals surface area contributed by atoms with Crippen molar-refractivity contribution in [3.8, 4) is 17.3 Å². The predicted molar refractivity (Wildman–Crippen MR) is 111 cm³/mol. The molecule has 0 saturated carbocycles. The summed E-state index contributed by atoms with van der Waals surface area (Å²) in [6, 6.07) is 10.0. The average Bonchev–Trinajstić information content (AvgIpc) is 3.24. The zero-order valence-corrected chi connectivity index (χ0v) is 17.4. The summed E-state index contributed by atoms with van der Waals surface area (Å²) in [5.74, 6) is 0.381. The minimum absolute atomic E-state index is 0.332. The Hall–Kier alpha value is -2.83. The molecule has 0 unspecified atom stereocenters. The summed E-state index contributed by atoms with van der Waals surface area (Å²) >= 11 is 4.67. The highest BCUT2D eigenvalue weighted by Crippen LogP contribution is 2.34. The molecule has 4 aromatic rings. The molecule has 0 aliphatic heterocycles. The SMILES string of the molecule is CCn1nc2c(C)cc(Br)nc2c1Nc1nc(-c2ccc(F)cc2)c(C#N)s1. The Morgan fingerprint density at radius 3 is 2.68 bits per heavy atom. The Morgan fingerprint density at radius 2 is 2.00 bits per heavy atom. The molecule has 0 aliphatic carbocycles. The predicted octanol–water partition coefficient (Wildman–Crippen LogP) is 5.40. The lowest BCUT2D eigenvalue weighted by atomic mass is 10.1. The Balaban J connectivity index is 1.80. The van der Waals surface area contributed by atoms with Gasteiger partial charge >= 0.3 is 0 Å². The third-order valence-corrected chi connectivity index (χ3v) is 5.51. The number of thiazole rings is 1. The number of pyridine rings is 1. The number of fused-ring (bicyclic) bond motifs is 1. The number of nitrogens with one attached hydrogen (secondary N) is 1. The molecule has 0 atom stereocenters. The minimum atomic E-state index is -0.332. The molecule has 0 radical (unpaired) electrons. The van der Waals surface area contributed by atoms with E-state index in [4.69, 9.17) is 0 Å². The maximum Gasteiger partial charge on any atom is 0.190 e. The Morgan fingerprint density at radius 1 is 1.25 bits per heavy atom. The maximum absolute atomic E-state index is 13.2. The number of aryl methyl sites for hydroxylation is 2. The van der Waals surface area contributed by atoms with Gasteiger partial charge in [0.2, 0.25) is 0 Å². The standard InChI is InChI=1S/C19H14BrFN6S/c1-3-27-18(17-15(26-27)10(2)8-14(20)23-17)25-19-24-16(13(9-22)28-19)11-4-6-12(21)7-5-11/h4-8H,3H2,1-2H3,(H,24,25). The molecule has 0 bridgehead atoms. The van der Waals surface area contributed by atoms with Crippen LogP contribution in [0.5, 0.6) is 0 Å². The molecular weight excluding hydrogens is 443 g/mol. The van der Waals surface area contributed by atoms with Gasteiger partial charge < -0.3 is 5.32 Å². The third kappa shape index (κ3) is 3.25.